The second-order valence-corrected chi connectivity index (χ2v) is 7.64. The monoisotopic (exact) mass is 373 g/mol. The summed E-state index contributed by atoms with van der Waals surface area (Å²) in [5.74, 6) is -0.0860. The predicted molar refractivity (Wildman–Crippen MR) is 113 cm³/mol. The van der Waals surface area contributed by atoms with Crippen molar-refractivity contribution < 1.29 is 4.79 Å². The number of aromatic nitrogens is 1. The van der Waals surface area contributed by atoms with Crippen LogP contribution >= 0.6 is 0 Å². The van der Waals surface area contributed by atoms with Crippen LogP contribution in [0.15, 0.2) is 66.9 Å². The number of benzene rings is 2. The van der Waals surface area contributed by atoms with Gasteiger partial charge in [0.2, 0.25) is 0 Å². The van der Waals surface area contributed by atoms with Crippen molar-refractivity contribution in [2.45, 2.75) is 50.7 Å². The smallest absolute Gasteiger partial charge is 0.270 e. The van der Waals surface area contributed by atoms with E-state index < -0.39 is 0 Å². The van der Waals surface area contributed by atoms with Gasteiger partial charge >= 0.3 is 0 Å². The molecule has 1 saturated carbocycles. The normalized spacial score (nSPS) is 20.6. The molecule has 1 amide bonds. The fourth-order valence-electron chi connectivity index (χ4n) is 4.28. The Bertz CT molecular complexity index is 935. The molecule has 1 aromatic heterocycles. The van der Waals surface area contributed by atoms with E-state index in [2.05, 4.69) is 65.0 Å². The van der Waals surface area contributed by atoms with Gasteiger partial charge in [0.25, 0.3) is 5.91 Å². The molecule has 4 nitrogen and oxygen atoms in total. The van der Waals surface area contributed by atoms with E-state index in [-0.39, 0.29) is 24.0 Å². The molecule has 3 atom stereocenters. The third kappa shape index (κ3) is 4.07. The van der Waals surface area contributed by atoms with Gasteiger partial charge in [0.1, 0.15) is 5.69 Å². The van der Waals surface area contributed by atoms with Crippen molar-refractivity contribution >= 4 is 16.7 Å². The van der Waals surface area contributed by atoms with Crippen LogP contribution in [0.5, 0.6) is 0 Å². The van der Waals surface area contributed by atoms with Gasteiger partial charge in [0.15, 0.2) is 0 Å². The highest BCUT2D eigenvalue weighted by atomic mass is 16.1. The molecule has 0 bridgehead atoms. The number of hydrogen-bond donors (Lipinski definition) is 2. The standard InChI is InChI=1S/C24H27N3O/c1-17(19-12-8-10-18-9-2-3-11-20(18)19)26-21-13-4-5-14-22(21)27-24(28)23-15-6-7-16-25-23/h2-3,6-12,15-17,21-22,26H,4-5,13-14H2,1H3,(H,27,28)/t17?,21-,22-/m1/s1. The number of nitrogens with one attached hydrogen (secondary N) is 2. The Morgan fingerprint density at radius 1 is 0.964 bits per heavy atom. The second kappa shape index (κ2) is 8.53. The maximum absolute atomic E-state index is 12.6. The summed E-state index contributed by atoms with van der Waals surface area (Å²) in [6.07, 6.45) is 6.07. The Morgan fingerprint density at radius 2 is 1.71 bits per heavy atom. The summed E-state index contributed by atoms with van der Waals surface area (Å²) >= 11 is 0. The minimum absolute atomic E-state index is 0.0860. The lowest BCUT2D eigenvalue weighted by atomic mass is 9.88. The molecule has 4 rings (SSSR count). The van der Waals surface area contributed by atoms with E-state index in [1.807, 2.05) is 12.1 Å². The van der Waals surface area contributed by atoms with Crippen molar-refractivity contribution in [1.82, 2.24) is 15.6 Å². The largest absolute Gasteiger partial charge is 0.346 e. The zero-order valence-electron chi connectivity index (χ0n) is 16.3. The number of pyridine rings is 1. The van der Waals surface area contributed by atoms with Crippen molar-refractivity contribution in [1.29, 1.82) is 0 Å². The number of amides is 1. The molecule has 1 aliphatic rings. The highest BCUT2D eigenvalue weighted by Crippen LogP contribution is 2.27. The molecule has 4 heteroatoms. The summed E-state index contributed by atoms with van der Waals surface area (Å²) in [5.41, 5.74) is 1.78. The molecule has 1 fully saturated rings. The summed E-state index contributed by atoms with van der Waals surface area (Å²) in [7, 11) is 0. The second-order valence-electron chi connectivity index (χ2n) is 7.64. The van der Waals surface area contributed by atoms with Crippen LogP contribution in [0.3, 0.4) is 0 Å². The first-order valence-corrected chi connectivity index (χ1v) is 10.2. The quantitative estimate of drug-likeness (QED) is 0.686. The summed E-state index contributed by atoms with van der Waals surface area (Å²) in [6, 6.07) is 21.0. The van der Waals surface area contributed by atoms with E-state index >= 15 is 0 Å². The average Bonchev–Trinajstić information content (AvgIpc) is 2.75. The molecule has 0 aliphatic heterocycles. The van der Waals surface area contributed by atoms with E-state index in [1.165, 1.54) is 22.8 Å². The van der Waals surface area contributed by atoms with E-state index in [4.69, 9.17) is 0 Å². The van der Waals surface area contributed by atoms with Crippen molar-refractivity contribution in [3.63, 3.8) is 0 Å². The lowest BCUT2D eigenvalue weighted by Crippen LogP contribution is -2.52. The summed E-state index contributed by atoms with van der Waals surface area (Å²) in [5, 5.41) is 9.56. The van der Waals surface area contributed by atoms with Crippen LogP contribution in [0.2, 0.25) is 0 Å². The molecular weight excluding hydrogens is 346 g/mol. The van der Waals surface area contributed by atoms with Gasteiger partial charge in [-0.3, -0.25) is 9.78 Å². The fourth-order valence-corrected chi connectivity index (χ4v) is 4.28. The first-order valence-electron chi connectivity index (χ1n) is 10.2. The molecule has 0 spiro atoms. The van der Waals surface area contributed by atoms with Gasteiger partial charge < -0.3 is 10.6 Å². The van der Waals surface area contributed by atoms with Gasteiger partial charge in [-0.15, -0.1) is 0 Å². The van der Waals surface area contributed by atoms with Crippen LogP contribution in [0.4, 0.5) is 0 Å². The summed E-state index contributed by atoms with van der Waals surface area (Å²) < 4.78 is 0. The number of nitrogens with zero attached hydrogens (tertiary/aromatic N) is 1. The zero-order chi connectivity index (χ0) is 19.3. The van der Waals surface area contributed by atoms with Gasteiger partial charge in [-0.2, -0.15) is 0 Å². The van der Waals surface area contributed by atoms with Crippen molar-refractivity contribution in [2.75, 3.05) is 0 Å². The van der Waals surface area contributed by atoms with Crippen LogP contribution in [0, 0.1) is 0 Å². The highest BCUT2D eigenvalue weighted by Gasteiger charge is 2.28. The Labute approximate surface area is 166 Å². The number of hydrogen-bond acceptors (Lipinski definition) is 3. The number of carbonyl (C=O) groups is 1. The Kier molecular flexibility index (Phi) is 5.68. The predicted octanol–water partition coefficient (Wildman–Crippen LogP) is 4.63. The minimum atomic E-state index is -0.0860. The zero-order valence-corrected chi connectivity index (χ0v) is 16.3. The van der Waals surface area contributed by atoms with Crippen LogP contribution in [0.25, 0.3) is 10.8 Å². The molecule has 2 N–H and O–H groups in total. The maximum atomic E-state index is 12.6. The van der Waals surface area contributed by atoms with Crippen molar-refractivity contribution in [2.24, 2.45) is 0 Å². The molecular formula is C24H27N3O. The van der Waals surface area contributed by atoms with Crippen LogP contribution in [-0.4, -0.2) is 23.0 Å². The molecule has 0 radical (unpaired) electrons. The van der Waals surface area contributed by atoms with Crippen LogP contribution < -0.4 is 10.6 Å². The topological polar surface area (TPSA) is 54.0 Å². The SMILES string of the molecule is CC(N[C@@H]1CCCC[C@H]1NC(=O)c1ccccn1)c1cccc2ccccc12. The fraction of sp³-hybridized carbons (Fsp3) is 0.333. The van der Waals surface area contributed by atoms with E-state index in [0.29, 0.717) is 5.69 Å². The first-order chi connectivity index (χ1) is 13.7. The molecule has 0 saturated heterocycles. The molecule has 1 heterocycles. The van der Waals surface area contributed by atoms with Gasteiger partial charge in [-0.05, 0) is 48.2 Å². The molecule has 2 aromatic carbocycles. The first kappa shape index (κ1) is 18.6. The third-order valence-corrected chi connectivity index (χ3v) is 5.73. The molecule has 28 heavy (non-hydrogen) atoms. The van der Waals surface area contributed by atoms with Crippen molar-refractivity contribution in [3.05, 3.63) is 78.1 Å². The average molecular weight is 374 g/mol. The number of fused-ring (bicyclic) bond motifs is 1. The Morgan fingerprint density at radius 3 is 2.54 bits per heavy atom. The van der Waals surface area contributed by atoms with Crippen LogP contribution in [-0.2, 0) is 0 Å². The molecule has 1 aliphatic carbocycles. The summed E-state index contributed by atoms with van der Waals surface area (Å²) in [6.45, 7) is 2.22. The number of rotatable bonds is 5. The van der Waals surface area contributed by atoms with Gasteiger partial charge in [0.05, 0.1) is 0 Å². The molecule has 3 aromatic rings. The Balaban J connectivity index is 1.49. The van der Waals surface area contributed by atoms with E-state index in [0.717, 1.165) is 19.3 Å². The van der Waals surface area contributed by atoms with Crippen LogP contribution in [0.1, 0.15) is 54.7 Å². The van der Waals surface area contributed by atoms with Gasteiger partial charge in [0, 0.05) is 24.3 Å². The van der Waals surface area contributed by atoms with Gasteiger partial charge in [-0.25, -0.2) is 0 Å². The molecule has 144 valence electrons. The summed E-state index contributed by atoms with van der Waals surface area (Å²) in [4.78, 5) is 16.8. The highest BCUT2D eigenvalue weighted by molar-refractivity contribution is 5.92. The maximum Gasteiger partial charge on any atom is 0.270 e. The van der Waals surface area contributed by atoms with E-state index in [1.54, 1.807) is 12.3 Å². The number of carbonyl (C=O) groups excluding carboxylic acids is 1. The third-order valence-electron chi connectivity index (χ3n) is 5.73. The van der Waals surface area contributed by atoms with E-state index in [9.17, 15) is 4.79 Å². The minimum Gasteiger partial charge on any atom is -0.346 e. The van der Waals surface area contributed by atoms with Gasteiger partial charge in [-0.1, -0.05) is 61.4 Å². The molecule has 1 unspecified atom stereocenters. The Hall–Kier alpha value is -2.72. The lowest BCUT2D eigenvalue weighted by molar-refractivity contribution is 0.0908. The lowest BCUT2D eigenvalue weighted by Gasteiger charge is -2.35. The van der Waals surface area contributed by atoms with Crippen molar-refractivity contribution in [3.8, 4) is 0 Å².